The Morgan fingerprint density at radius 2 is 1.55 bits per heavy atom. The second kappa shape index (κ2) is 7.82. The Balaban J connectivity index is 2.67. The van der Waals surface area contributed by atoms with Crippen LogP contribution in [-0.2, 0) is 9.53 Å². The smallest absolute Gasteiger partial charge is 0.345 e. The zero-order valence-electron chi connectivity index (χ0n) is 11.2. The first-order valence-electron chi connectivity index (χ1n) is 6.16. The Labute approximate surface area is 124 Å². The Morgan fingerprint density at radius 3 is 2.05 bits per heavy atom. The van der Waals surface area contributed by atoms with Crippen LogP contribution in [0, 0.1) is 0 Å². The molecule has 0 spiro atoms. The SMILES string of the molecule is O=C(OC(=O)[C@H](O)[C@@H](O)[C@H](O)[C@H](O)CO)c1ccc(O)cc1. The minimum atomic E-state index is -2.31. The molecule has 0 saturated carbocycles. The minimum Gasteiger partial charge on any atom is -0.508 e. The van der Waals surface area contributed by atoms with Gasteiger partial charge in [-0.05, 0) is 24.3 Å². The van der Waals surface area contributed by atoms with Gasteiger partial charge in [-0.3, -0.25) is 0 Å². The van der Waals surface area contributed by atoms with Crippen LogP contribution in [0.15, 0.2) is 24.3 Å². The highest BCUT2D eigenvalue weighted by molar-refractivity contribution is 5.98. The van der Waals surface area contributed by atoms with E-state index in [0.717, 1.165) is 12.1 Å². The van der Waals surface area contributed by atoms with Crippen molar-refractivity contribution in [2.24, 2.45) is 0 Å². The quantitative estimate of drug-likeness (QED) is 0.246. The van der Waals surface area contributed by atoms with E-state index in [1.807, 2.05) is 0 Å². The molecule has 9 heteroatoms. The van der Waals surface area contributed by atoms with Gasteiger partial charge in [0.15, 0.2) is 6.10 Å². The number of carbonyl (C=O) groups is 2. The molecule has 0 aliphatic carbocycles. The van der Waals surface area contributed by atoms with Crippen LogP contribution in [0.4, 0.5) is 0 Å². The van der Waals surface area contributed by atoms with Gasteiger partial charge >= 0.3 is 11.9 Å². The first-order chi connectivity index (χ1) is 10.3. The third-order valence-electron chi connectivity index (χ3n) is 2.79. The highest BCUT2D eigenvalue weighted by Gasteiger charge is 2.36. The second-order valence-corrected chi connectivity index (χ2v) is 4.43. The van der Waals surface area contributed by atoms with Crippen LogP contribution >= 0.6 is 0 Å². The van der Waals surface area contributed by atoms with E-state index in [2.05, 4.69) is 4.74 Å². The molecule has 0 bridgehead atoms. The Hall–Kier alpha value is -2.04. The molecule has 4 atom stereocenters. The summed E-state index contributed by atoms with van der Waals surface area (Å²) in [6.07, 6.45) is -8.28. The molecular formula is C13H16O9. The van der Waals surface area contributed by atoms with Gasteiger partial charge in [0.1, 0.15) is 24.1 Å². The van der Waals surface area contributed by atoms with Crippen molar-refractivity contribution in [2.75, 3.05) is 6.61 Å². The maximum absolute atomic E-state index is 11.6. The topological polar surface area (TPSA) is 165 Å². The Kier molecular flexibility index (Phi) is 6.40. The molecule has 0 fully saturated rings. The van der Waals surface area contributed by atoms with Gasteiger partial charge in [0.2, 0.25) is 0 Å². The molecular weight excluding hydrogens is 300 g/mol. The maximum atomic E-state index is 11.6. The van der Waals surface area contributed by atoms with Gasteiger partial charge in [-0.25, -0.2) is 9.59 Å². The van der Waals surface area contributed by atoms with Crippen LogP contribution in [-0.4, -0.2) is 73.6 Å². The molecule has 0 unspecified atom stereocenters. The summed E-state index contributed by atoms with van der Waals surface area (Å²) < 4.78 is 4.30. The molecule has 122 valence electrons. The molecule has 0 saturated heterocycles. The lowest BCUT2D eigenvalue weighted by atomic mass is 10.0. The fourth-order valence-corrected chi connectivity index (χ4v) is 1.47. The second-order valence-electron chi connectivity index (χ2n) is 4.43. The number of aromatic hydroxyl groups is 1. The van der Waals surface area contributed by atoms with Crippen molar-refractivity contribution in [1.29, 1.82) is 0 Å². The predicted molar refractivity (Wildman–Crippen MR) is 69.6 cm³/mol. The molecule has 0 aliphatic rings. The Morgan fingerprint density at radius 1 is 1.00 bits per heavy atom. The average Bonchev–Trinajstić information content (AvgIpc) is 2.52. The highest BCUT2D eigenvalue weighted by atomic mass is 16.6. The summed E-state index contributed by atoms with van der Waals surface area (Å²) in [7, 11) is 0. The number of hydrogen-bond donors (Lipinski definition) is 6. The van der Waals surface area contributed by atoms with Crippen molar-refractivity contribution in [3.8, 4) is 5.75 Å². The largest absolute Gasteiger partial charge is 0.508 e. The van der Waals surface area contributed by atoms with Gasteiger partial charge in [-0.1, -0.05) is 0 Å². The third-order valence-corrected chi connectivity index (χ3v) is 2.79. The number of aliphatic hydroxyl groups excluding tert-OH is 5. The molecule has 9 nitrogen and oxygen atoms in total. The number of phenolic OH excluding ortho intramolecular Hbond substituents is 1. The number of phenols is 1. The summed E-state index contributed by atoms with van der Waals surface area (Å²) >= 11 is 0. The van der Waals surface area contributed by atoms with E-state index in [1.54, 1.807) is 0 Å². The van der Waals surface area contributed by atoms with E-state index in [1.165, 1.54) is 12.1 Å². The normalized spacial score (nSPS) is 16.4. The zero-order valence-corrected chi connectivity index (χ0v) is 11.2. The minimum absolute atomic E-state index is 0.0937. The molecule has 1 aromatic carbocycles. The van der Waals surface area contributed by atoms with Crippen molar-refractivity contribution in [3.63, 3.8) is 0 Å². The average molecular weight is 316 g/mol. The van der Waals surface area contributed by atoms with Crippen LogP contribution in [0.5, 0.6) is 5.75 Å². The number of esters is 2. The first-order valence-corrected chi connectivity index (χ1v) is 6.16. The third kappa shape index (κ3) is 4.48. The van der Waals surface area contributed by atoms with E-state index in [4.69, 9.17) is 15.3 Å². The van der Waals surface area contributed by atoms with Gasteiger partial charge in [0.25, 0.3) is 0 Å². The van der Waals surface area contributed by atoms with Crippen LogP contribution in [0.1, 0.15) is 10.4 Å². The Bertz CT molecular complexity index is 513. The molecule has 0 aromatic heterocycles. The lowest BCUT2D eigenvalue weighted by molar-refractivity contribution is -0.164. The van der Waals surface area contributed by atoms with Crippen molar-refractivity contribution in [2.45, 2.75) is 24.4 Å². The molecule has 22 heavy (non-hydrogen) atoms. The molecule has 6 N–H and O–H groups in total. The fraction of sp³-hybridized carbons (Fsp3) is 0.385. The van der Waals surface area contributed by atoms with Crippen molar-refractivity contribution in [3.05, 3.63) is 29.8 Å². The summed E-state index contributed by atoms with van der Waals surface area (Å²) in [6, 6.07) is 4.68. The van der Waals surface area contributed by atoms with Crippen LogP contribution in [0.3, 0.4) is 0 Å². The monoisotopic (exact) mass is 316 g/mol. The summed E-state index contributed by atoms with van der Waals surface area (Å²) in [4.78, 5) is 23.1. The van der Waals surface area contributed by atoms with Crippen LogP contribution in [0.25, 0.3) is 0 Å². The molecule has 0 radical (unpaired) electrons. The molecule has 0 heterocycles. The lowest BCUT2D eigenvalue weighted by Gasteiger charge is -2.24. The number of hydrogen-bond acceptors (Lipinski definition) is 9. The summed E-state index contributed by atoms with van der Waals surface area (Å²) in [5.74, 6) is -2.80. The van der Waals surface area contributed by atoms with Crippen molar-refractivity contribution in [1.82, 2.24) is 0 Å². The van der Waals surface area contributed by atoms with Gasteiger partial charge in [0.05, 0.1) is 12.2 Å². The number of ether oxygens (including phenoxy) is 1. The zero-order chi connectivity index (χ0) is 16.9. The van der Waals surface area contributed by atoms with E-state index >= 15 is 0 Å². The number of carbonyl (C=O) groups excluding carboxylic acids is 2. The van der Waals surface area contributed by atoms with Crippen molar-refractivity contribution >= 4 is 11.9 Å². The molecule has 1 rings (SSSR count). The number of benzene rings is 1. The summed E-state index contributed by atoms with van der Waals surface area (Å²) in [6.45, 7) is -0.910. The maximum Gasteiger partial charge on any atom is 0.345 e. The van der Waals surface area contributed by atoms with Gasteiger partial charge in [-0.15, -0.1) is 0 Å². The number of aliphatic hydroxyl groups is 5. The summed E-state index contributed by atoms with van der Waals surface area (Å²) in [5, 5.41) is 55.0. The van der Waals surface area contributed by atoms with E-state index < -0.39 is 43.0 Å². The van der Waals surface area contributed by atoms with Gasteiger partial charge in [0, 0.05) is 0 Å². The lowest BCUT2D eigenvalue weighted by Crippen LogP contribution is -2.49. The van der Waals surface area contributed by atoms with Gasteiger partial charge in [-0.2, -0.15) is 0 Å². The predicted octanol–water partition coefficient (Wildman–Crippen LogP) is -2.49. The summed E-state index contributed by atoms with van der Waals surface area (Å²) in [5.41, 5.74) is -0.0937. The molecule has 1 aromatic rings. The van der Waals surface area contributed by atoms with E-state index in [0.29, 0.717) is 0 Å². The fourth-order valence-electron chi connectivity index (χ4n) is 1.47. The molecule has 0 aliphatic heterocycles. The van der Waals surface area contributed by atoms with E-state index in [9.17, 15) is 24.9 Å². The van der Waals surface area contributed by atoms with Gasteiger partial charge < -0.3 is 35.4 Å². The first kappa shape index (κ1) is 18.0. The highest BCUT2D eigenvalue weighted by Crippen LogP contribution is 2.12. The number of rotatable bonds is 6. The van der Waals surface area contributed by atoms with E-state index in [-0.39, 0.29) is 11.3 Å². The van der Waals surface area contributed by atoms with Crippen LogP contribution in [0.2, 0.25) is 0 Å². The van der Waals surface area contributed by atoms with Crippen LogP contribution < -0.4 is 0 Å². The molecule has 0 amide bonds. The van der Waals surface area contributed by atoms with Crippen molar-refractivity contribution < 1.29 is 45.0 Å². The standard InChI is InChI=1S/C13H16O9/c14-5-8(16)9(17)10(18)11(19)13(21)22-12(20)6-1-3-7(15)4-2-6/h1-4,8-11,14-19H,5H2/t8-,9-,10+,11-/m1/s1.